The van der Waals surface area contributed by atoms with Gasteiger partial charge in [0.15, 0.2) is 0 Å². The van der Waals surface area contributed by atoms with E-state index in [1.165, 1.54) is 43.9 Å². The van der Waals surface area contributed by atoms with E-state index in [4.69, 9.17) is 4.74 Å². The van der Waals surface area contributed by atoms with E-state index in [2.05, 4.69) is 20.6 Å². The summed E-state index contributed by atoms with van der Waals surface area (Å²) >= 11 is 0. The zero-order valence-electron chi connectivity index (χ0n) is 19.2. The maximum atomic E-state index is 13.6. The van der Waals surface area contributed by atoms with E-state index >= 15 is 0 Å². The molecule has 0 aliphatic rings. The predicted molar refractivity (Wildman–Crippen MR) is 131 cm³/mol. The lowest BCUT2D eigenvalue weighted by atomic mass is 10.0. The highest BCUT2D eigenvalue weighted by Crippen LogP contribution is 2.22. The molecule has 0 aliphatic heterocycles. The molecule has 3 aromatic carbocycles. The average Bonchev–Trinajstić information content (AvgIpc) is 2.91. The summed E-state index contributed by atoms with van der Waals surface area (Å²) in [5.41, 5.74) is 2.92. The molecular formula is C27H21FN4O4. The van der Waals surface area contributed by atoms with E-state index < -0.39 is 11.9 Å². The van der Waals surface area contributed by atoms with Gasteiger partial charge in [0.2, 0.25) is 0 Å². The molecule has 1 heterocycles. The van der Waals surface area contributed by atoms with Gasteiger partial charge >= 0.3 is 5.97 Å². The number of benzene rings is 3. The van der Waals surface area contributed by atoms with Gasteiger partial charge in [0, 0.05) is 30.2 Å². The Bertz CT molecular complexity index is 1430. The smallest absolute Gasteiger partial charge is 0.337 e. The van der Waals surface area contributed by atoms with Gasteiger partial charge in [-0.2, -0.15) is 0 Å². The van der Waals surface area contributed by atoms with Crippen LogP contribution in [-0.2, 0) is 11.3 Å². The first-order chi connectivity index (χ1) is 17.4. The van der Waals surface area contributed by atoms with E-state index in [-0.39, 0.29) is 29.5 Å². The number of carbonyl (C=O) groups is 3. The van der Waals surface area contributed by atoms with Crippen LogP contribution in [0.1, 0.15) is 36.8 Å². The van der Waals surface area contributed by atoms with Crippen LogP contribution in [0.4, 0.5) is 10.1 Å². The van der Waals surface area contributed by atoms with Crippen molar-refractivity contribution >= 4 is 23.5 Å². The molecule has 0 saturated heterocycles. The number of nitrogens with one attached hydrogen (secondary N) is 2. The number of aromatic nitrogens is 2. The fourth-order valence-electron chi connectivity index (χ4n) is 3.51. The Morgan fingerprint density at radius 1 is 0.889 bits per heavy atom. The van der Waals surface area contributed by atoms with Crippen LogP contribution >= 0.6 is 0 Å². The lowest BCUT2D eigenvalue weighted by Gasteiger charge is -2.12. The van der Waals surface area contributed by atoms with Crippen molar-refractivity contribution in [1.82, 2.24) is 15.3 Å². The van der Waals surface area contributed by atoms with Crippen LogP contribution in [0.2, 0.25) is 0 Å². The van der Waals surface area contributed by atoms with Crippen molar-refractivity contribution in [2.45, 2.75) is 6.54 Å². The van der Waals surface area contributed by atoms with Gasteiger partial charge in [-0.15, -0.1) is 0 Å². The van der Waals surface area contributed by atoms with Crippen molar-refractivity contribution in [3.63, 3.8) is 0 Å². The molecule has 180 valence electrons. The van der Waals surface area contributed by atoms with Crippen molar-refractivity contribution in [3.8, 4) is 11.1 Å². The van der Waals surface area contributed by atoms with E-state index in [0.29, 0.717) is 27.9 Å². The van der Waals surface area contributed by atoms with Crippen molar-refractivity contribution in [1.29, 1.82) is 0 Å². The average molecular weight is 484 g/mol. The first kappa shape index (κ1) is 24.2. The Morgan fingerprint density at radius 3 is 2.39 bits per heavy atom. The zero-order chi connectivity index (χ0) is 25.5. The normalized spacial score (nSPS) is 10.4. The number of anilines is 1. The maximum Gasteiger partial charge on any atom is 0.337 e. The molecule has 0 atom stereocenters. The van der Waals surface area contributed by atoms with Crippen molar-refractivity contribution in [3.05, 3.63) is 114 Å². The van der Waals surface area contributed by atoms with Crippen molar-refractivity contribution in [2.24, 2.45) is 0 Å². The number of carbonyl (C=O) groups excluding carboxylic acids is 3. The van der Waals surface area contributed by atoms with Crippen LogP contribution in [0.25, 0.3) is 11.1 Å². The second kappa shape index (κ2) is 11.0. The molecule has 0 bridgehead atoms. The van der Waals surface area contributed by atoms with Crippen LogP contribution in [0.5, 0.6) is 0 Å². The number of ether oxygens (including phenoxy) is 1. The third kappa shape index (κ3) is 5.95. The Morgan fingerprint density at radius 2 is 1.67 bits per heavy atom. The quantitative estimate of drug-likeness (QED) is 0.380. The number of rotatable bonds is 7. The van der Waals surface area contributed by atoms with Gasteiger partial charge in [-0.25, -0.2) is 14.2 Å². The number of hydrogen-bond donors (Lipinski definition) is 2. The predicted octanol–water partition coefficient (Wildman–Crippen LogP) is 4.25. The van der Waals surface area contributed by atoms with Gasteiger partial charge in [0.1, 0.15) is 11.5 Å². The van der Waals surface area contributed by atoms with Gasteiger partial charge in [-0.05, 0) is 59.2 Å². The van der Waals surface area contributed by atoms with Crippen LogP contribution in [0.3, 0.4) is 0 Å². The van der Waals surface area contributed by atoms with Crippen LogP contribution in [0, 0.1) is 5.82 Å². The molecule has 9 heteroatoms. The Labute approximate surface area is 206 Å². The molecule has 4 aromatic rings. The van der Waals surface area contributed by atoms with Crippen LogP contribution in [-0.4, -0.2) is 34.9 Å². The summed E-state index contributed by atoms with van der Waals surface area (Å²) in [7, 11) is 1.25. The number of hydrogen-bond acceptors (Lipinski definition) is 6. The molecule has 0 spiro atoms. The minimum Gasteiger partial charge on any atom is -0.465 e. The van der Waals surface area contributed by atoms with Gasteiger partial charge < -0.3 is 15.4 Å². The topological polar surface area (TPSA) is 110 Å². The molecule has 0 saturated carbocycles. The van der Waals surface area contributed by atoms with E-state index in [0.717, 1.165) is 0 Å². The molecule has 2 amide bonds. The van der Waals surface area contributed by atoms with Crippen molar-refractivity contribution < 1.29 is 23.5 Å². The summed E-state index contributed by atoms with van der Waals surface area (Å²) in [4.78, 5) is 45.3. The third-order valence-corrected chi connectivity index (χ3v) is 5.20. The molecule has 0 fully saturated rings. The summed E-state index contributed by atoms with van der Waals surface area (Å²) in [6.45, 7) is 0.0713. The Kier molecular flexibility index (Phi) is 7.40. The minimum absolute atomic E-state index is 0.0713. The lowest BCUT2D eigenvalue weighted by molar-refractivity contribution is 0.0600. The summed E-state index contributed by atoms with van der Waals surface area (Å²) in [5.74, 6) is -1.83. The van der Waals surface area contributed by atoms with Crippen LogP contribution in [0.15, 0.2) is 85.3 Å². The lowest BCUT2D eigenvalue weighted by Crippen LogP contribution is -2.23. The van der Waals surface area contributed by atoms with Gasteiger partial charge in [0.05, 0.1) is 18.9 Å². The molecule has 2 N–H and O–H groups in total. The maximum absolute atomic E-state index is 13.6. The first-order valence-electron chi connectivity index (χ1n) is 10.9. The highest BCUT2D eigenvalue weighted by Gasteiger charge is 2.14. The minimum atomic E-state index is -0.596. The zero-order valence-corrected chi connectivity index (χ0v) is 19.2. The highest BCUT2D eigenvalue weighted by atomic mass is 19.1. The fourth-order valence-corrected chi connectivity index (χ4v) is 3.51. The fraction of sp³-hybridized carbons (Fsp3) is 0.0741. The molecule has 0 radical (unpaired) electrons. The molecule has 4 rings (SSSR count). The number of halogens is 1. The second-order valence-corrected chi connectivity index (χ2v) is 7.73. The summed E-state index contributed by atoms with van der Waals surface area (Å²) in [6, 6.07) is 17.6. The second-order valence-electron chi connectivity index (χ2n) is 7.73. The molecular weight excluding hydrogens is 463 g/mol. The Balaban J connectivity index is 1.52. The van der Waals surface area contributed by atoms with Crippen molar-refractivity contribution in [2.75, 3.05) is 12.4 Å². The van der Waals surface area contributed by atoms with Gasteiger partial charge in [-0.3, -0.25) is 14.6 Å². The standard InChI is InChI=1S/C27H21FN4O4/c1-36-27(35)21-10-17(11-23(14-21)32-26(34)24-16-29-8-9-30-24)15-31-25(33)20-6-2-4-18(12-20)19-5-3-7-22(28)13-19/h2-14,16H,15H2,1H3,(H,31,33)(H,32,34). The summed E-state index contributed by atoms with van der Waals surface area (Å²) in [6.07, 6.45) is 4.16. The molecule has 36 heavy (non-hydrogen) atoms. The van der Waals surface area contributed by atoms with Gasteiger partial charge in [0.25, 0.3) is 11.8 Å². The number of nitrogens with zero attached hydrogens (tertiary/aromatic N) is 2. The number of amides is 2. The summed E-state index contributed by atoms with van der Waals surface area (Å²) < 4.78 is 18.4. The third-order valence-electron chi connectivity index (χ3n) is 5.20. The SMILES string of the molecule is COC(=O)c1cc(CNC(=O)c2cccc(-c3cccc(F)c3)c2)cc(NC(=O)c2cnccn2)c1. The van der Waals surface area contributed by atoms with Crippen LogP contribution < -0.4 is 10.6 Å². The molecule has 0 unspecified atom stereocenters. The molecule has 0 aliphatic carbocycles. The first-order valence-corrected chi connectivity index (χ1v) is 10.9. The molecule has 1 aromatic heterocycles. The summed E-state index contributed by atoms with van der Waals surface area (Å²) in [5, 5.41) is 5.48. The largest absolute Gasteiger partial charge is 0.465 e. The van der Waals surface area contributed by atoms with E-state index in [1.807, 2.05) is 0 Å². The number of esters is 1. The Hall–Kier alpha value is -4.92. The van der Waals surface area contributed by atoms with E-state index in [9.17, 15) is 18.8 Å². The monoisotopic (exact) mass is 484 g/mol. The van der Waals surface area contributed by atoms with E-state index in [1.54, 1.807) is 48.5 Å². The van der Waals surface area contributed by atoms with Gasteiger partial charge in [-0.1, -0.05) is 24.3 Å². The highest BCUT2D eigenvalue weighted by molar-refractivity contribution is 6.03. The number of methoxy groups -OCH3 is 1. The molecule has 8 nitrogen and oxygen atoms in total.